The van der Waals surface area contributed by atoms with Crippen LogP contribution in [0.15, 0.2) is 42.5 Å². The third kappa shape index (κ3) is 5.10. The van der Waals surface area contributed by atoms with Crippen molar-refractivity contribution in [2.75, 3.05) is 18.4 Å². The Morgan fingerprint density at radius 3 is 2.64 bits per heavy atom. The fraction of sp³-hybridized carbons (Fsp3) is 0.350. The van der Waals surface area contributed by atoms with Gasteiger partial charge in [0, 0.05) is 23.8 Å². The van der Waals surface area contributed by atoms with Crippen LogP contribution in [0.3, 0.4) is 0 Å². The van der Waals surface area contributed by atoms with Crippen LogP contribution in [-0.4, -0.2) is 31.7 Å². The van der Waals surface area contributed by atoms with Gasteiger partial charge in [0.15, 0.2) is 0 Å². The molecular formula is C20H22ClFN2O3S. The van der Waals surface area contributed by atoms with Crippen molar-refractivity contribution in [3.05, 3.63) is 64.4 Å². The SMILES string of the molecule is Cc1cc(Cl)ccc1NC(=O)[C@H]1CCCN(S(=O)(=O)Cc2ccc(F)cc2)C1. The Kier molecular flexibility index (Phi) is 6.37. The van der Waals surface area contributed by atoms with Gasteiger partial charge in [0.05, 0.1) is 11.7 Å². The fourth-order valence-corrected chi connectivity index (χ4v) is 5.13. The first-order valence-electron chi connectivity index (χ1n) is 9.04. The number of nitrogens with zero attached hydrogens (tertiary/aromatic N) is 1. The Labute approximate surface area is 169 Å². The lowest BCUT2D eigenvalue weighted by Crippen LogP contribution is -2.44. The molecule has 1 saturated heterocycles. The molecular weight excluding hydrogens is 403 g/mol. The summed E-state index contributed by atoms with van der Waals surface area (Å²) in [5.74, 6) is -1.25. The molecule has 2 aromatic rings. The molecule has 1 amide bonds. The van der Waals surface area contributed by atoms with Crippen LogP contribution in [0.1, 0.15) is 24.0 Å². The molecule has 0 spiro atoms. The normalized spacial score (nSPS) is 18.0. The van der Waals surface area contributed by atoms with Crippen molar-refractivity contribution < 1.29 is 17.6 Å². The van der Waals surface area contributed by atoms with E-state index >= 15 is 0 Å². The molecule has 3 rings (SSSR count). The lowest BCUT2D eigenvalue weighted by molar-refractivity contribution is -0.120. The Bertz CT molecular complexity index is 964. The molecule has 1 fully saturated rings. The number of hydrogen-bond acceptors (Lipinski definition) is 3. The first-order valence-corrected chi connectivity index (χ1v) is 11.0. The summed E-state index contributed by atoms with van der Waals surface area (Å²) < 4.78 is 39.9. The molecule has 1 aliphatic rings. The van der Waals surface area contributed by atoms with E-state index in [-0.39, 0.29) is 18.2 Å². The minimum absolute atomic E-state index is 0.141. The standard InChI is InChI=1S/C20H22ClFN2O3S/c1-14-11-17(21)6-9-19(14)23-20(25)16-3-2-10-24(12-16)28(26,27)13-15-4-7-18(22)8-5-15/h4-9,11,16H,2-3,10,12-13H2,1H3,(H,23,25)/t16-/m0/s1. The Hall–Kier alpha value is -1.96. The predicted molar refractivity (Wildman–Crippen MR) is 108 cm³/mol. The molecule has 0 aliphatic carbocycles. The molecule has 28 heavy (non-hydrogen) atoms. The van der Waals surface area contributed by atoms with Gasteiger partial charge in [-0.05, 0) is 61.2 Å². The molecule has 8 heteroatoms. The van der Waals surface area contributed by atoms with E-state index in [2.05, 4.69) is 5.32 Å². The lowest BCUT2D eigenvalue weighted by Gasteiger charge is -2.31. The Morgan fingerprint density at radius 1 is 1.25 bits per heavy atom. The number of halogens is 2. The van der Waals surface area contributed by atoms with E-state index in [1.807, 2.05) is 6.92 Å². The smallest absolute Gasteiger partial charge is 0.228 e. The average molecular weight is 425 g/mol. The third-order valence-electron chi connectivity index (χ3n) is 4.86. The summed E-state index contributed by atoms with van der Waals surface area (Å²) >= 11 is 5.94. The number of amides is 1. The maximum absolute atomic E-state index is 13.0. The zero-order valence-electron chi connectivity index (χ0n) is 15.5. The zero-order valence-corrected chi connectivity index (χ0v) is 17.1. The van der Waals surface area contributed by atoms with E-state index in [4.69, 9.17) is 11.6 Å². The maximum Gasteiger partial charge on any atom is 0.228 e. The molecule has 1 N–H and O–H groups in total. The highest BCUT2D eigenvalue weighted by molar-refractivity contribution is 7.88. The first kappa shape index (κ1) is 20.8. The lowest BCUT2D eigenvalue weighted by atomic mass is 9.98. The van der Waals surface area contributed by atoms with Crippen LogP contribution < -0.4 is 5.32 Å². The average Bonchev–Trinajstić information content (AvgIpc) is 2.66. The van der Waals surface area contributed by atoms with E-state index in [0.717, 1.165) is 5.56 Å². The molecule has 0 saturated carbocycles. The van der Waals surface area contributed by atoms with Crippen molar-refractivity contribution in [1.29, 1.82) is 0 Å². The third-order valence-corrected chi connectivity index (χ3v) is 6.91. The second-order valence-electron chi connectivity index (χ2n) is 7.03. The van der Waals surface area contributed by atoms with E-state index in [1.165, 1.54) is 28.6 Å². The van der Waals surface area contributed by atoms with E-state index in [1.54, 1.807) is 18.2 Å². The summed E-state index contributed by atoms with van der Waals surface area (Å²) in [6, 6.07) is 10.6. The number of hydrogen-bond donors (Lipinski definition) is 1. The first-order chi connectivity index (χ1) is 13.2. The Balaban J connectivity index is 1.67. The largest absolute Gasteiger partial charge is 0.326 e. The summed E-state index contributed by atoms with van der Waals surface area (Å²) in [6.45, 7) is 2.37. The van der Waals surface area contributed by atoms with Crippen LogP contribution in [0, 0.1) is 18.7 Å². The number of carbonyl (C=O) groups excluding carboxylic acids is 1. The van der Waals surface area contributed by atoms with Crippen molar-refractivity contribution in [3.8, 4) is 0 Å². The summed E-state index contributed by atoms with van der Waals surface area (Å²) in [7, 11) is -3.59. The predicted octanol–water partition coefficient (Wildman–Crippen LogP) is 3.97. The molecule has 2 aromatic carbocycles. The van der Waals surface area contributed by atoms with Gasteiger partial charge in [-0.2, -0.15) is 0 Å². The number of aryl methyl sites for hydroxylation is 1. The highest BCUT2D eigenvalue weighted by Gasteiger charge is 2.32. The maximum atomic E-state index is 13.0. The number of sulfonamides is 1. The topological polar surface area (TPSA) is 66.5 Å². The van der Waals surface area contributed by atoms with Gasteiger partial charge in [-0.15, -0.1) is 0 Å². The van der Waals surface area contributed by atoms with Gasteiger partial charge >= 0.3 is 0 Å². The summed E-state index contributed by atoms with van der Waals surface area (Å²) in [6.07, 6.45) is 1.24. The fourth-order valence-electron chi connectivity index (χ4n) is 3.29. The molecule has 0 unspecified atom stereocenters. The number of anilines is 1. The van der Waals surface area contributed by atoms with Gasteiger partial charge in [-0.1, -0.05) is 23.7 Å². The van der Waals surface area contributed by atoms with Gasteiger partial charge in [0.1, 0.15) is 5.82 Å². The van der Waals surface area contributed by atoms with E-state index < -0.39 is 21.8 Å². The number of carbonyl (C=O) groups is 1. The molecule has 1 heterocycles. The monoisotopic (exact) mass is 424 g/mol. The molecule has 5 nitrogen and oxygen atoms in total. The van der Waals surface area contributed by atoms with Gasteiger partial charge in [0.2, 0.25) is 15.9 Å². The number of piperidine rings is 1. The van der Waals surface area contributed by atoms with Crippen molar-refractivity contribution in [1.82, 2.24) is 4.31 Å². The molecule has 0 aromatic heterocycles. The van der Waals surface area contributed by atoms with Gasteiger partial charge < -0.3 is 5.32 Å². The number of benzene rings is 2. The van der Waals surface area contributed by atoms with Crippen LogP contribution in [0.25, 0.3) is 0 Å². The van der Waals surface area contributed by atoms with Crippen molar-refractivity contribution >= 4 is 33.2 Å². The van der Waals surface area contributed by atoms with Crippen LogP contribution in [0.4, 0.5) is 10.1 Å². The molecule has 0 bridgehead atoms. The number of rotatable bonds is 5. The van der Waals surface area contributed by atoms with Crippen LogP contribution in [0.2, 0.25) is 5.02 Å². The van der Waals surface area contributed by atoms with Gasteiger partial charge in [-0.3, -0.25) is 4.79 Å². The second-order valence-corrected chi connectivity index (χ2v) is 9.43. The minimum Gasteiger partial charge on any atom is -0.326 e. The molecule has 1 atom stereocenters. The quantitative estimate of drug-likeness (QED) is 0.789. The van der Waals surface area contributed by atoms with Crippen LogP contribution >= 0.6 is 11.6 Å². The second kappa shape index (κ2) is 8.59. The zero-order chi connectivity index (χ0) is 20.3. The van der Waals surface area contributed by atoms with E-state index in [9.17, 15) is 17.6 Å². The van der Waals surface area contributed by atoms with Gasteiger partial charge in [0.25, 0.3) is 0 Å². The highest BCUT2D eigenvalue weighted by atomic mass is 35.5. The van der Waals surface area contributed by atoms with Crippen molar-refractivity contribution in [2.45, 2.75) is 25.5 Å². The molecule has 0 radical (unpaired) electrons. The summed E-state index contributed by atoms with van der Waals surface area (Å²) in [5.41, 5.74) is 2.03. The molecule has 1 aliphatic heterocycles. The molecule has 150 valence electrons. The number of nitrogens with one attached hydrogen (secondary N) is 1. The van der Waals surface area contributed by atoms with Crippen LogP contribution in [-0.2, 0) is 20.6 Å². The van der Waals surface area contributed by atoms with Crippen LogP contribution in [0.5, 0.6) is 0 Å². The summed E-state index contributed by atoms with van der Waals surface area (Å²) in [4.78, 5) is 12.7. The highest BCUT2D eigenvalue weighted by Crippen LogP contribution is 2.25. The van der Waals surface area contributed by atoms with Crippen molar-refractivity contribution in [3.63, 3.8) is 0 Å². The van der Waals surface area contributed by atoms with Crippen molar-refractivity contribution in [2.24, 2.45) is 5.92 Å². The van der Waals surface area contributed by atoms with E-state index in [0.29, 0.717) is 35.7 Å². The Morgan fingerprint density at radius 2 is 1.96 bits per heavy atom. The minimum atomic E-state index is -3.59. The summed E-state index contributed by atoms with van der Waals surface area (Å²) in [5, 5.41) is 3.46. The van der Waals surface area contributed by atoms with Gasteiger partial charge in [-0.25, -0.2) is 17.1 Å².